The van der Waals surface area contributed by atoms with Crippen LogP contribution in [0.3, 0.4) is 0 Å². The van der Waals surface area contributed by atoms with Crippen molar-refractivity contribution < 1.29 is 4.79 Å². The van der Waals surface area contributed by atoms with E-state index in [9.17, 15) is 4.79 Å². The van der Waals surface area contributed by atoms with Crippen LogP contribution < -0.4 is 15.5 Å². The van der Waals surface area contributed by atoms with Crippen LogP contribution in [0, 0.1) is 11.8 Å². The molecule has 1 aromatic heterocycles. The molecule has 1 amide bonds. The molecule has 2 aliphatic rings. The molecule has 0 aliphatic carbocycles. The number of aromatic nitrogens is 1. The third-order valence-electron chi connectivity index (χ3n) is 4.54. The SMILES string of the molecule is CC1CCN(c2ccc(CNC(=O)C3CNC3)cn2)CC1. The normalized spacial score (nSPS) is 20.1. The average Bonchev–Trinajstić information content (AvgIpc) is 2.45. The van der Waals surface area contributed by atoms with Crippen LogP contribution >= 0.6 is 0 Å². The van der Waals surface area contributed by atoms with E-state index < -0.39 is 0 Å². The van der Waals surface area contributed by atoms with E-state index in [1.807, 2.05) is 6.20 Å². The minimum absolute atomic E-state index is 0.142. The fraction of sp³-hybridized carbons (Fsp3) is 0.625. The van der Waals surface area contributed by atoms with Gasteiger partial charge in [-0.25, -0.2) is 4.98 Å². The van der Waals surface area contributed by atoms with E-state index in [1.165, 1.54) is 12.8 Å². The minimum atomic E-state index is 0.142. The van der Waals surface area contributed by atoms with Gasteiger partial charge in [0.25, 0.3) is 0 Å². The van der Waals surface area contributed by atoms with E-state index in [0.29, 0.717) is 6.54 Å². The zero-order chi connectivity index (χ0) is 14.7. The van der Waals surface area contributed by atoms with Crippen LogP contribution in [0.5, 0.6) is 0 Å². The summed E-state index contributed by atoms with van der Waals surface area (Å²) in [5, 5.41) is 6.08. The fourth-order valence-corrected chi connectivity index (χ4v) is 2.75. The third-order valence-corrected chi connectivity index (χ3v) is 4.54. The maximum Gasteiger partial charge on any atom is 0.225 e. The molecule has 2 aliphatic heterocycles. The first-order valence-corrected chi connectivity index (χ1v) is 7.90. The molecule has 5 heteroatoms. The van der Waals surface area contributed by atoms with Crippen molar-refractivity contribution in [2.75, 3.05) is 31.1 Å². The number of nitrogens with zero attached hydrogens (tertiary/aromatic N) is 2. The van der Waals surface area contributed by atoms with Gasteiger partial charge in [-0.1, -0.05) is 13.0 Å². The lowest BCUT2D eigenvalue weighted by molar-refractivity contribution is -0.126. The van der Waals surface area contributed by atoms with Gasteiger partial charge in [0.05, 0.1) is 5.92 Å². The number of nitrogens with one attached hydrogen (secondary N) is 2. The highest BCUT2D eigenvalue weighted by atomic mass is 16.2. The first-order valence-electron chi connectivity index (χ1n) is 7.90. The number of amides is 1. The van der Waals surface area contributed by atoms with Crippen LogP contribution in [0.4, 0.5) is 5.82 Å². The van der Waals surface area contributed by atoms with Crippen LogP contribution in [0.2, 0.25) is 0 Å². The number of carbonyl (C=O) groups excluding carboxylic acids is 1. The summed E-state index contributed by atoms with van der Waals surface area (Å²) in [5.41, 5.74) is 1.06. The van der Waals surface area contributed by atoms with Gasteiger partial charge in [-0.3, -0.25) is 4.79 Å². The summed E-state index contributed by atoms with van der Waals surface area (Å²) in [6.07, 6.45) is 4.37. The number of anilines is 1. The standard InChI is InChI=1S/C16H24N4O/c1-12-4-6-20(7-5-12)15-3-2-13(8-18-15)9-19-16(21)14-10-17-11-14/h2-3,8,12,14,17H,4-7,9-11H2,1H3,(H,19,21). The van der Waals surface area contributed by atoms with E-state index in [2.05, 4.69) is 39.6 Å². The zero-order valence-electron chi connectivity index (χ0n) is 12.6. The predicted octanol–water partition coefficient (Wildman–Crippen LogP) is 1.15. The number of carbonyl (C=O) groups is 1. The molecule has 2 saturated heterocycles. The molecule has 3 rings (SSSR count). The molecule has 0 atom stereocenters. The zero-order valence-corrected chi connectivity index (χ0v) is 12.6. The summed E-state index contributed by atoms with van der Waals surface area (Å²) >= 11 is 0. The van der Waals surface area contributed by atoms with Crippen molar-refractivity contribution in [2.24, 2.45) is 11.8 Å². The Bertz CT molecular complexity index is 476. The Morgan fingerprint density at radius 2 is 2.14 bits per heavy atom. The molecule has 1 aromatic rings. The van der Waals surface area contributed by atoms with Gasteiger partial charge in [0, 0.05) is 38.9 Å². The summed E-state index contributed by atoms with van der Waals surface area (Å²) in [5.74, 6) is 2.17. The van der Waals surface area contributed by atoms with Gasteiger partial charge in [-0.05, 0) is 30.4 Å². The largest absolute Gasteiger partial charge is 0.357 e. The van der Waals surface area contributed by atoms with E-state index in [-0.39, 0.29) is 11.8 Å². The second-order valence-corrected chi connectivity index (χ2v) is 6.27. The van der Waals surface area contributed by atoms with Crippen LogP contribution in [0.15, 0.2) is 18.3 Å². The van der Waals surface area contributed by atoms with Gasteiger partial charge in [-0.15, -0.1) is 0 Å². The summed E-state index contributed by atoms with van der Waals surface area (Å²) < 4.78 is 0. The number of pyridine rings is 1. The summed E-state index contributed by atoms with van der Waals surface area (Å²) in [6.45, 7) is 6.68. The van der Waals surface area contributed by atoms with Crippen molar-refractivity contribution in [3.8, 4) is 0 Å². The van der Waals surface area contributed by atoms with Crippen molar-refractivity contribution in [3.63, 3.8) is 0 Å². The molecule has 2 N–H and O–H groups in total. The first-order chi connectivity index (χ1) is 10.2. The van der Waals surface area contributed by atoms with Crippen molar-refractivity contribution in [3.05, 3.63) is 23.9 Å². The lowest BCUT2D eigenvalue weighted by atomic mass is 9.99. The highest BCUT2D eigenvalue weighted by molar-refractivity contribution is 5.79. The Kier molecular flexibility index (Phi) is 4.39. The quantitative estimate of drug-likeness (QED) is 0.873. The van der Waals surface area contributed by atoms with Gasteiger partial charge < -0.3 is 15.5 Å². The van der Waals surface area contributed by atoms with Gasteiger partial charge >= 0.3 is 0 Å². The van der Waals surface area contributed by atoms with Crippen molar-refractivity contribution in [1.29, 1.82) is 0 Å². The topological polar surface area (TPSA) is 57.3 Å². The van der Waals surface area contributed by atoms with E-state index in [4.69, 9.17) is 0 Å². The maximum absolute atomic E-state index is 11.8. The fourth-order valence-electron chi connectivity index (χ4n) is 2.75. The van der Waals surface area contributed by atoms with Gasteiger partial charge in [0.15, 0.2) is 0 Å². The first kappa shape index (κ1) is 14.3. The Labute approximate surface area is 126 Å². The Balaban J connectivity index is 1.50. The molecule has 0 saturated carbocycles. The molecule has 0 spiro atoms. The summed E-state index contributed by atoms with van der Waals surface area (Å²) in [6, 6.07) is 4.14. The molecule has 0 unspecified atom stereocenters. The summed E-state index contributed by atoms with van der Waals surface area (Å²) in [7, 11) is 0. The Hall–Kier alpha value is -1.62. The maximum atomic E-state index is 11.8. The van der Waals surface area contributed by atoms with Crippen LogP contribution in [-0.2, 0) is 11.3 Å². The highest BCUT2D eigenvalue weighted by Gasteiger charge is 2.24. The molecule has 21 heavy (non-hydrogen) atoms. The van der Waals surface area contributed by atoms with Crippen LogP contribution in [0.25, 0.3) is 0 Å². The van der Waals surface area contributed by atoms with Gasteiger partial charge in [0.2, 0.25) is 5.91 Å². The number of hydrogen-bond donors (Lipinski definition) is 2. The Morgan fingerprint density at radius 3 is 2.71 bits per heavy atom. The van der Waals surface area contributed by atoms with E-state index in [1.54, 1.807) is 0 Å². The molecule has 0 aromatic carbocycles. The van der Waals surface area contributed by atoms with Crippen molar-refractivity contribution >= 4 is 11.7 Å². The lowest BCUT2D eigenvalue weighted by Gasteiger charge is -2.31. The van der Waals surface area contributed by atoms with E-state index in [0.717, 1.165) is 43.5 Å². The summed E-state index contributed by atoms with van der Waals surface area (Å²) in [4.78, 5) is 18.7. The molecular formula is C16H24N4O. The van der Waals surface area contributed by atoms with Crippen LogP contribution in [-0.4, -0.2) is 37.1 Å². The van der Waals surface area contributed by atoms with Gasteiger partial charge in [0.1, 0.15) is 5.82 Å². The molecule has 0 bridgehead atoms. The predicted molar refractivity (Wildman–Crippen MR) is 83.1 cm³/mol. The monoisotopic (exact) mass is 288 g/mol. The Morgan fingerprint density at radius 1 is 1.38 bits per heavy atom. The third kappa shape index (κ3) is 3.53. The van der Waals surface area contributed by atoms with Crippen LogP contribution in [0.1, 0.15) is 25.3 Å². The number of hydrogen-bond acceptors (Lipinski definition) is 4. The molecular weight excluding hydrogens is 264 g/mol. The van der Waals surface area contributed by atoms with E-state index >= 15 is 0 Å². The second-order valence-electron chi connectivity index (χ2n) is 6.27. The van der Waals surface area contributed by atoms with Gasteiger partial charge in [-0.2, -0.15) is 0 Å². The lowest BCUT2D eigenvalue weighted by Crippen LogP contribution is -2.50. The second kappa shape index (κ2) is 6.43. The smallest absolute Gasteiger partial charge is 0.225 e. The molecule has 0 radical (unpaired) electrons. The highest BCUT2D eigenvalue weighted by Crippen LogP contribution is 2.21. The molecule has 2 fully saturated rings. The molecule has 5 nitrogen and oxygen atoms in total. The van der Waals surface area contributed by atoms with Crippen molar-refractivity contribution in [2.45, 2.75) is 26.3 Å². The number of piperidine rings is 1. The average molecular weight is 288 g/mol. The molecule has 3 heterocycles. The van der Waals surface area contributed by atoms with Crippen molar-refractivity contribution in [1.82, 2.24) is 15.6 Å². The molecule has 114 valence electrons. The minimum Gasteiger partial charge on any atom is -0.357 e. The number of rotatable bonds is 4.